The van der Waals surface area contributed by atoms with Crippen molar-refractivity contribution in [2.45, 2.75) is 32.5 Å². The first-order valence-corrected chi connectivity index (χ1v) is 5.70. The zero-order valence-electron chi connectivity index (χ0n) is 9.77. The Labute approximate surface area is 96.0 Å². The van der Waals surface area contributed by atoms with Crippen LogP contribution in [0, 0.1) is 6.92 Å². The Hall–Kier alpha value is -1.06. The van der Waals surface area contributed by atoms with E-state index in [1.807, 2.05) is 25.1 Å². The van der Waals surface area contributed by atoms with Crippen molar-refractivity contribution >= 4 is 0 Å². The van der Waals surface area contributed by atoms with Gasteiger partial charge in [-0.3, -0.25) is 0 Å². The number of aliphatic hydroxyl groups is 1. The van der Waals surface area contributed by atoms with E-state index in [4.69, 9.17) is 9.47 Å². The molecule has 0 bridgehead atoms. The number of ether oxygens (including phenoxy) is 2. The van der Waals surface area contributed by atoms with Gasteiger partial charge in [-0.1, -0.05) is 11.6 Å². The van der Waals surface area contributed by atoms with E-state index in [1.165, 1.54) is 0 Å². The molecule has 0 aromatic heterocycles. The first kappa shape index (κ1) is 11.4. The predicted octanol–water partition coefficient (Wildman–Crippen LogP) is 2.22. The lowest BCUT2D eigenvalue weighted by Gasteiger charge is -2.17. The summed E-state index contributed by atoms with van der Waals surface area (Å²) >= 11 is 0. The minimum Gasteiger partial charge on any atom is -0.488 e. The molecule has 2 rings (SSSR count). The predicted molar refractivity (Wildman–Crippen MR) is 61.7 cm³/mol. The summed E-state index contributed by atoms with van der Waals surface area (Å²) in [5.74, 6) is 0.774. The summed E-state index contributed by atoms with van der Waals surface area (Å²) in [6, 6.07) is 5.89. The zero-order valence-corrected chi connectivity index (χ0v) is 9.77. The fourth-order valence-corrected chi connectivity index (χ4v) is 1.89. The van der Waals surface area contributed by atoms with Crippen LogP contribution in [0.3, 0.4) is 0 Å². The van der Waals surface area contributed by atoms with E-state index in [-0.39, 0.29) is 6.10 Å². The SMILES string of the molecule is Cc1ccc(OC2CCOC2)c([C@H](C)O)c1. The third-order valence-electron chi connectivity index (χ3n) is 2.80. The van der Waals surface area contributed by atoms with Gasteiger partial charge >= 0.3 is 0 Å². The standard InChI is InChI=1S/C13H18O3/c1-9-3-4-13(12(7-9)10(2)14)16-11-5-6-15-8-11/h3-4,7,10-11,14H,5-6,8H2,1-2H3/t10-,11?/m0/s1. The fraction of sp³-hybridized carbons (Fsp3) is 0.538. The normalized spacial score (nSPS) is 22.1. The van der Waals surface area contributed by atoms with Crippen molar-refractivity contribution < 1.29 is 14.6 Å². The molecule has 1 saturated heterocycles. The van der Waals surface area contributed by atoms with E-state index < -0.39 is 6.10 Å². The maximum Gasteiger partial charge on any atom is 0.125 e. The van der Waals surface area contributed by atoms with Crippen LogP contribution in [0.4, 0.5) is 0 Å². The average molecular weight is 222 g/mol. The van der Waals surface area contributed by atoms with Crippen molar-refractivity contribution in [3.05, 3.63) is 29.3 Å². The van der Waals surface area contributed by atoms with E-state index in [2.05, 4.69) is 0 Å². The molecule has 1 aromatic carbocycles. The highest BCUT2D eigenvalue weighted by Gasteiger charge is 2.19. The Morgan fingerprint density at radius 1 is 1.50 bits per heavy atom. The van der Waals surface area contributed by atoms with Crippen molar-refractivity contribution in [3.8, 4) is 5.75 Å². The van der Waals surface area contributed by atoms with Crippen molar-refractivity contribution in [2.75, 3.05) is 13.2 Å². The van der Waals surface area contributed by atoms with Crippen molar-refractivity contribution in [1.82, 2.24) is 0 Å². The zero-order chi connectivity index (χ0) is 11.5. The number of rotatable bonds is 3. The Bertz CT molecular complexity index is 354. The molecule has 1 unspecified atom stereocenters. The number of benzene rings is 1. The van der Waals surface area contributed by atoms with Gasteiger partial charge < -0.3 is 14.6 Å². The van der Waals surface area contributed by atoms with Crippen LogP contribution in [0.15, 0.2) is 18.2 Å². The summed E-state index contributed by atoms with van der Waals surface area (Å²) in [5.41, 5.74) is 1.98. The molecule has 0 saturated carbocycles. The van der Waals surface area contributed by atoms with Gasteiger partial charge in [0.15, 0.2) is 0 Å². The van der Waals surface area contributed by atoms with Crippen LogP contribution >= 0.6 is 0 Å². The lowest BCUT2D eigenvalue weighted by atomic mass is 10.1. The summed E-state index contributed by atoms with van der Waals surface area (Å²) in [6.45, 7) is 5.18. The average Bonchev–Trinajstić information content (AvgIpc) is 2.73. The third-order valence-corrected chi connectivity index (χ3v) is 2.80. The minimum atomic E-state index is -0.503. The molecule has 1 aliphatic heterocycles. The Morgan fingerprint density at radius 3 is 2.94 bits per heavy atom. The van der Waals surface area contributed by atoms with Crippen molar-refractivity contribution in [2.24, 2.45) is 0 Å². The first-order chi connectivity index (χ1) is 7.66. The summed E-state index contributed by atoms with van der Waals surface area (Å²) in [6.07, 6.45) is 0.546. The van der Waals surface area contributed by atoms with E-state index in [0.717, 1.165) is 29.9 Å². The molecule has 0 radical (unpaired) electrons. The number of aryl methyl sites for hydroxylation is 1. The molecule has 0 aliphatic carbocycles. The molecule has 1 aromatic rings. The van der Waals surface area contributed by atoms with Gasteiger partial charge in [0, 0.05) is 12.0 Å². The molecule has 3 heteroatoms. The highest BCUT2D eigenvalue weighted by molar-refractivity contribution is 5.38. The molecule has 88 valence electrons. The van der Waals surface area contributed by atoms with Crippen LogP contribution < -0.4 is 4.74 Å². The van der Waals surface area contributed by atoms with Gasteiger partial charge in [-0.25, -0.2) is 0 Å². The lowest BCUT2D eigenvalue weighted by molar-refractivity contribution is 0.135. The second kappa shape index (κ2) is 4.85. The maximum absolute atomic E-state index is 9.69. The van der Waals surface area contributed by atoms with E-state index in [1.54, 1.807) is 6.92 Å². The number of hydrogen-bond acceptors (Lipinski definition) is 3. The molecule has 16 heavy (non-hydrogen) atoms. The van der Waals surface area contributed by atoms with Crippen LogP contribution in [0.5, 0.6) is 5.75 Å². The van der Waals surface area contributed by atoms with Crippen LogP contribution in [0.25, 0.3) is 0 Å². The summed E-state index contributed by atoms with van der Waals surface area (Å²) in [7, 11) is 0. The highest BCUT2D eigenvalue weighted by atomic mass is 16.5. The molecule has 0 spiro atoms. The molecule has 3 nitrogen and oxygen atoms in total. The topological polar surface area (TPSA) is 38.7 Å². The van der Waals surface area contributed by atoms with Gasteiger partial charge in [0.05, 0.1) is 19.3 Å². The molecule has 1 N–H and O–H groups in total. The molecular weight excluding hydrogens is 204 g/mol. The Morgan fingerprint density at radius 2 is 2.31 bits per heavy atom. The number of hydrogen-bond donors (Lipinski definition) is 1. The smallest absolute Gasteiger partial charge is 0.125 e. The Balaban J connectivity index is 2.18. The van der Waals surface area contributed by atoms with Crippen LogP contribution in [0.1, 0.15) is 30.6 Å². The quantitative estimate of drug-likeness (QED) is 0.852. The monoisotopic (exact) mass is 222 g/mol. The number of aliphatic hydroxyl groups excluding tert-OH is 1. The van der Waals surface area contributed by atoms with Crippen LogP contribution in [0.2, 0.25) is 0 Å². The minimum absolute atomic E-state index is 0.125. The second-order valence-corrected chi connectivity index (χ2v) is 4.32. The molecule has 0 amide bonds. The summed E-state index contributed by atoms with van der Waals surface area (Å²) in [4.78, 5) is 0. The maximum atomic E-state index is 9.69. The van der Waals surface area contributed by atoms with Crippen LogP contribution in [-0.2, 0) is 4.74 Å². The highest BCUT2D eigenvalue weighted by Crippen LogP contribution is 2.28. The molecule has 1 fully saturated rings. The molecule has 1 heterocycles. The fourth-order valence-electron chi connectivity index (χ4n) is 1.89. The van der Waals surface area contributed by atoms with E-state index in [0.29, 0.717) is 6.61 Å². The van der Waals surface area contributed by atoms with Gasteiger partial charge in [-0.2, -0.15) is 0 Å². The van der Waals surface area contributed by atoms with Gasteiger partial charge in [-0.05, 0) is 26.0 Å². The van der Waals surface area contributed by atoms with E-state index >= 15 is 0 Å². The molecule has 2 atom stereocenters. The van der Waals surface area contributed by atoms with Gasteiger partial charge in [0.1, 0.15) is 11.9 Å². The van der Waals surface area contributed by atoms with Crippen molar-refractivity contribution in [1.29, 1.82) is 0 Å². The summed E-state index contributed by atoms with van der Waals surface area (Å²) < 4.78 is 11.1. The first-order valence-electron chi connectivity index (χ1n) is 5.70. The van der Waals surface area contributed by atoms with Gasteiger partial charge in [0.2, 0.25) is 0 Å². The lowest BCUT2D eigenvalue weighted by Crippen LogP contribution is -2.17. The van der Waals surface area contributed by atoms with E-state index in [9.17, 15) is 5.11 Å². The molecular formula is C13H18O3. The van der Waals surface area contributed by atoms with Crippen molar-refractivity contribution in [3.63, 3.8) is 0 Å². The van der Waals surface area contributed by atoms with Gasteiger partial charge in [-0.15, -0.1) is 0 Å². The molecule has 1 aliphatic rings. The Kier molecular flexibility index (Phi) is 3.46. The largest absolute Gasteiger partial charge is 0.488 e. The third kappa shape index (κ3) is 2.54. The summed E-state index contributed by atoms with van der Waals surface area (Å²) in [5, 5.41) is 9.69. The second-order valence-electron chi connectivity index (χ2n) is 4.32. The van der Waals surface area contributed by atoms with Crippen LogP contribution in [-0.4, -0.2) is 24.4 Å². The van der Waals surface area contributed by atoms with Gasteiger partial charge in [0.25, 0.3) is 0 Å².